The lowest BCUT2D eigenvalue weighted by Gasteiger charge is -2.18. The van der Waals surface area contributed by atoms with E-state index >= 15 is 0 Å². The third-order valence-electron chi connectivity index (χ3n) is 5.67. The number of carboxylic acid groups (broad SMARTS) is 1. The zero-order valence-corrected chi connectivity index (χ0v) is 17.7. The lowest BCUT2D eigenvalue weighted by Crippen LogP contribution is -2.37. The Morgan fingerprint density at radius 2 is 1.75 bits per heavy atom. The number of carbonyl (C=O) groups is 2. The van der Waals surface area contributed by atoms with Gasteiger partial charge in [-0.2, -0.15) is 0 Å². The van der Waals surface area contributed by atoms with Crippen LogP contribution in [0.3, 0.4) is 0 Å². The number of unbranched alkanes of at least 4 members (excludes halogenated alkanes) is 4. The van der Waals surface area contributed by atoms with Gasteiger partial charge in [-0.1, -0.05) is 19.3 Å². The topological polar surface area (TPSA) is 164 Å². The minimum Gasteiger partial charge on any atom is -0.481 e. The van der Waals surface area contributed by atoms with Gasteiger partial charge in [-0.15, -0.1) is 0 Å². The van der Waals surface area contributed by atoms with Crippen molar-refractivity contribution in [3.05, 3.63) is 34.6 Å². The number of aliphatic hydroxyl groups is 3. The minimum atomic E-state index is -1.40. The third kappa shape index (κ3) is 5.41. The zero-order valence-electron chi connectivity index (χ0n) is 17.7. The Kier molecular flexibility index (Phi) is 8.13. The highest BCUT2D eigenvalue weighted by molar-refractivity contribution is 5.80. The van der Waals surface area contributed by atoms with Gasteiger partial charge < -0.3 is 25.2 Å². The number of imidazole rings is 1. The summed E-state index contributed by atoms with van der Waals surface area (Å²) in [7, 11) is 0. The number of carboxylic acids is 1. The predicted molar refractivity (Wildman–Crippen MR) is 111 cm³/mol. The Balaban J connectivity index is 1.62. The molecule has 32 heavy (non-hydrogen) atoms. The molecule has 176 valence electrons. The van der Waals surface area contributed by atoms with Gasteiger partial charge in [0.15, 0.2) is 6.23 Å². The summed E-state index contributed by atoms with van der Waals surface area (Å²) in [6.45, 7) is -0.504. The first kappa shape index (κ1) is 24.1. The lowest BCUT2D eigenvalue weighted by molar-refractivity contribution is -0.137. The number of nitrogens with zero attached hydrogens (tertiary/aromatic N) is 3. The molecule has 0 radical (unpaired) electrons. The molecule has 1 fully saturated rings. The Labute approximate surface area is 183 Å². The summed E-state index contributed by atoms with van der Waals surface area (Å²) < 4.78 is 7.83. The number of ketones is 1. The highest BCUT2D eigenvalue weighted by Gasteiger charge is 2.43. The standard InChI is InChI=1S/C21H29N3O8/c25-12-15-18(29)19(30)20(32-15)23-9-8-16-22-11-13(24(16)21(23)31)10-14(26)6-4-2-1-3-5-7-17(27)28/h8-9,11,15,18-20,25,29-30H,1-7,10,12H2,(H,27,28)/t15-,18-,19-,20-/m1/s1. The van der Waals surface area contributed by atoms with E-state index in [9.17, 15) is 29.7 Å². The second-order valence-electron chi connectivity index (χ2n) is 8.05. The number of fused-ring (bicyclic) bond motifs is 1. The largest absolute Gasteiger partial charge is 0.481 e. The Morgan fingerprint density at radius 3 is 2.41 bits per heavy atom. The average molecular weight is 451 g/mol. The van der Waals surface area contributed by atoms with Crippen molar-refractivity contribution in [2.45, 2.75) is 75.9 Å². The molecular formula is C21H29N3O8. The summed E-state index contributed by atoms with van der Waals surface area (Å²) in [6, 6.07) is 1.54. The number of carbonyl (C=O) groups excluding carboxylic acids is 1. The van der Waals surface area contributed by atoms with Crippen LogP contribution < -0.4 is 5.69 Å². The fourth-order valence-corrected chi connectivity index (χ4v) is 3.92. The van der Waals surface area contributed by atoms with Crippen LogP contribution in [-0.4, -0.2) is 71.0 Å². The van der Waals surface area contributed by atoms with Crippen LogP contribution in [0.2, 0.25) is 0 Å². The number of aliphatic hydroxyl groups excluding tert-OH is 3. The number of rotatable bonds is 12. The fourth-order valence-electron chi connectivity index (χ4n) is 3.92. The van der Waals surface area contributed by atoms with Crippen molar-refractivity contribution in [3.8, 4) is 0 Å². The van der Waals surface area contributed by atoms with E-state index < -0.39 is 42.8 Å². The molecule has 2 aromatic heterocycles. The Bertz CT molecular complexity index is 1000. The molecule has 4 atom stereocenters. The molecule has 4 N–H and O–H groups in total. The summed E-state index contributed by atoms with van der Waals surface area (Å²) in [5, 5.41) is 38.1. The summed E-state index contributed by atoms with van der Waals surface area (Å²) >= 11 is 0. The molecule has 2 aromatic rings. The van der Waals surface area contributed by atoms with Crippen LogP contribution in [0.1, 0.15) is 56.9 Å². The molecule has 1 aliphatic heterocycles. The second-order valence-corrected chi connectivity index (χ2v) is 8.05. The van der Waals surface area contributed by atoms with E-state index in [-0.39, 0.29) is 18.6 Å². The van der Waals surface area contributed by atoms with Crippen molar-refractivity contribution in [1.29, 1.82) is 0 Å². The summed E-state index contributed by atoms with van der Waals surface area (Å²) in [5.74, 6) is -0.842. The second kappa shape index (κ2) is 10.8. The van der Waals surface area contributed by atoms with Crippen LogP contribution in [-0.2, 0) is 20.7 Å². The average Bonchev–Trinajstić information content (AvgIpc) is 3.29. The maximum Gasteiger partial charge on any atom is 0.336 e. The first-order chi connectivity index (χ1) is 15.3. The molecular weight excluding hydrogens is 422 g/mol. The van der Waals surface area contributed by atoms with Crippen LogP contribution >= 0.6 is 0 Å². The van der Waals surface area contributed by atoms with E-state index in [1.54, 1.807) is 6.07 Å². The highest BCUT2D eigenvalue weighted by Crippen LogP contribution is 2.28. The molecule has 0 amide bonds. The fraction of sp³-hybridized carbons (Fsp3) is 0.619. The van der Waals surface area contributed by atoms with Crippen molar-refractivity contribution in [2.75, 3.05) is 6.61 Å². The molecule has 0 saturated carbocycles. The van der Waals surface area contributed by atoms with Crippen molar-refractivity contribution >= 4 is 17.4 Å². The Hall–Kier alpha value is -2.60. The van der Waals surface area contributed by atoms with Crippen LogP contribution in [0.5, 0.6) is 0 Å². The number of aliphatic carboxylic acids is 1. The quantitative estimate of drug-likeness (QED) is 0.326. The van der Waals surface area contributed by atoms with Gasteiger partial charge in [-0.3, -0.25) is 14.2 Å². The molecule has 0 aromatic carbocycles. The number of hydrogen-bond donors (Lipinski definition) is 4. The van der Waals surface area contributed by atoms with Crippen LogP contribution in [0.25, 0.3) is 5.65 Å². The molecule has 3 heterocycles. The monoisotopic (exact) mass is 451 g/mol. The molecule has 0 bridgehead atoms. The van der Waals surface area contributed by atoms with Gasteiger partial charge in [-0.25, -0.2) is 14.2 Å². The van der Waals surface area contributed by atoms with Crippen LogP contribution in [0, 0.1) is 0 Å². The number of Topliss-reactive ketones (excluding diaryl/α,β-unsaturated/α-hetero) is 1. The van der Waals surface area contributed by atoms with E-state index in [1.165, 1.54) is 16.8 Å². The minimum absolute atomic E-state index is 0.0232. The van der Waals surface area contributed by atoms with Crippen LogP contribution in [0.4, 0.5) is 0 Å². The maximum atomic E-state index is 13.0. The van der Waals surface area contributed by atoms with Gasteiger partial charge in [0, 0.05) is 31.7 Å². The van der Waals surface area contributed by atoms with Crippen molar-refractivity contribution in [3.63, 3.8) is 0 Å². The van der Waals surface area contributed by atoms with E-state index in [1.807, 2.05) is 0 Å². The van der Waals surface area contributed by atoms with Crippen LogP contribution in [0.15, 0.2) is 23.3 Å². The lowest BCUT2D eigenvalue weighted by atomic mass is 10.1. The summed E-state index contributed by atoms with van der Waals surface area (Å²) in [5.41, 5.74) is 0.188. The van der Waals surface area contributed by atoms with E-state index in [0.717, 1.165) is 23.8 Å². The van der Waals surface area contributed by atoms with Gasteiger partial charge in [0.25, 0.3) is 0 Å². The number of aromatic nitrogens is 3. The first-order valence-electron chi connectivity index (χ1n) is 10.8. The molecule has 1 saturated heterocycles. The summed E-state index contributed by atoms with van der Waals surface area (Å²) in [6.07, 6.45) is 2.30. The SMILES string of the molecule is O=C(O)CCCCCCCC(=O)Cc1cnc2ccn([C@@H]3O[C@H](CO)[C@@H](O)[C@H]3O)c(=O)n12. The normalized spacial score (nSPS) is 23.1. The number of hydrogen-bond acceptors (Lipinski definition) is 8. The van der Waals surface area contributed by atoms with E-state index in [0.29, 0.717) is 30.6 Å². The Morgan fingerprint density at radius 1 is 1.06 bits per heavy atom. The van der Waals surface area contributed by atoms with E-state index in [4.69, 9.17) is 9.84 Å². The van der Waals surface area contributed by atoms with Gasteiger partial charge in [-0.05, 0) is 18.9 Å². The van der Waals surface area contributed by atoms with E-state index in [2.05, 4.69) is 4.98 Å². The highest BCUT2D eigenvalue weighted by atomic mass is 16.6. The molecule has 0 aliphatic carbocycles. The molecule has 11 heteroatoms. The third-order valence-corrected chi connectivity index (χ3v) is 5.67. The van der Waals surface area contributed by atoms with Crippen molar-refractivity contribution in [2.24, 2.45) is 0 Å². The molecule has 11 nitrogen and oxygen atoms in total. The molecule has 0 unspecified atom stereocenters. The predicted octanol–water partition coefficient (Wildman–Crippen LogP) is 0.0344. The maximum absolute atomic E-state index is 13.0. The van der Waals surface area contributed by atoms with Gasteiger partial charge in [0.1, 0.15) is 29.7 Å². The van der Waals surface area contributed by atoms with Gasteiger partial charge in [0.2, 0.25) is 0 Å². The molecule has 3 rings (SSSR count). The van der Waals surface area contributed by atoms with Crippen molar-refractivity contribution < 1.29 is 34.8 Å². The first-order valence-corrected chi connectivity index (χ1v) is 10.8. The van der Waals surface area contributed by atoms with Gasteiger partial charge in [0.05, 0.1) is 12.3 Å². The van der Waals surface area contributed by atoms with Crippen molar-refractivity contribution in [1.82, 2.24) is 14.0 Å². The smallest absolute Gasteiger partial charge is 0.336 e. The molecule has 1 aliphatic rings. The van der Waals surface area contributed by atoms with Gasteiger partial charge >= 0.3 is 11.7 Å². The summed E-state index contributed by atoms with van der Waals surface area (Å²) in [4.78, 5) is 40.1. The number of ether oxygens (including phenoxy) is 1. The zero-order chi connectivity index (χ0) is 23.3. The molecule has 0 spiro atoms.